The van der Waals surface area contributed by atoms with Gasteiger partial charge in [0.2, 0.25) is 0 Å². The minimum absolute atomic E-state index is 0.284. The first-order valence-corrected chi connectivity index (χ1v) is 7.61. The third kappa shape index (κ3) is 9.64. The molecule has 0 aliphatic carbocycles. The fourth-order valence-electron chi connectivity index (χ4n) is 1.80. The standard InChI is InChI=1S/C15H29NO4/c1-5-7-8-9-10-20-14(17)13(11-12(3)4)16-15(18)19-6-2/h12-13H,5-11H2,1-4H3,(H,16,18). The molecule has 0 saturated heterocycles. The number of nitrogens with one attached hydrogen (secondary N) is 1. The van der Waals surface area contributed by atoms with Crippen LogP contribution in [-0.2, 0) is 14.3 Å². The molecule has 20 heavy (non-hydrogen) atoms. The van der Waals surface area contributed by atoms with Crippen molar-refractivity contribution >= 4 is 12.1 Å². The molecule has 0 rings (SSSR count). The Morgan fingerprint density at radius 1 is 1.05 bits per heavy atom. The van der Waals surface area contributed by atoms with Crippen molar-refractivity contribution in [2.75, 3.05) is 13.2 Å². The van der Waals surface area contributed by atoms with E-state index in [0.717, 1.165) is 25.7 Å². The second-order valence-electron chi connectivity index (χ2n) is 5.28. The average molecular weight is 287 g/mol. The topological polar surface area (TPSA) is 64.6 Å². The maximum absolute atomic E-state index is 12.0. The van der Waals surface area contributed by atoms with Crippen molar-refractivity contribution in [3.63, 3.8) is 0 Å². The van der Waals surface area contributed by atoms with E-state index in [1.165, 1.54) is 0 Å². The van der Waals surface area contributed by atoms with Crippen molar-refractivity contribution in [1.82, 2.24) is 5.32 Å². The summed E-state index contributed by atoms with van der Waals surface area (Å²) in [6.07, 6.45) is 4.20. The van der Waals surface area contributed by atoms with Gasteiger partial charge in [0, 0.05) is 0 Å². The van der Waals surface area contributed by atoms with E-state index in [1.807, 2.05) is 13.8 Å². The van der Waals surface area contributed by atoms with E-state index in [9.17, 15) is 9.59 Å². The van der Waals surface area contributed by atoms with Crippen molar-refractivity contribution in [1.29, 1.82) is 0 Å². The molecule has 0 aromatic carbocycles. The van der Waals surface area contributed by atoms with Gasteiger partial charge in [0.15, 0.2) is 0 Å². The van der Waals surface area contributed by atoms with E-state index in [-0.39, 0.29) is 18.5 Å². The molecule has 0 heterocycles. The lowest BCUT2D eigenvalue weighted by Gasteiger charge is -2.19. The summed E-state index contributed by atoms with van der Waals surface area (Å²) in [6, 6.07) is -0.625. The molecule has 1 amide bonds. The third-order valence-electron chi connectivity index (χ3n) is 2.80. The summed E-state index contributed by atoms with van der Waals surface area (Å²) in [5.74, 6) is -0.0854. The minimum Gasteiger partial charge on any atom is -0.464 e. The summed E-state index contributed by atoms with van der Waals surface area (Å²) in [4.78, 5) is 23.4. The quantitative estimate of drug-likeness (QED) is 0.495. The summed E-state index contributed by atoms with van der Waals surface area (Å²) < 4.78 is 10.0. The van der Waals surface area contributed by atoms with Gasteiger partial charge in [-0.05, 0) is 25.7 Å². The SMILES string of the molecule is CCCCCCOC(=O)C(CC(C)C)NC(=O)OCC. The third-order valence-corrected chi connectivity index (χ3v) is 2.80. The highest BCUT2D eigenvalue weighted by Gasteiger charge is 2.23. The Morgan fingerprint density at radius 2 is 1.75 bits per heavy atom. The average Bonchev–Trinajstić information content (AvgIpc) is 2.37. The number of hydrogen-bond acceptors (Lipinski definition) is 4. The monoisotopic (exact) mass is 287 g/mol. The summed E-state index contributed by atoms with van der Waals surface area (Å²) >= 11 is 0. The van der Waals surface area contributed by atoms with E-state index in [4.69, 9.17) is 9.47 Å². The zero-order chi connectivity index (χ0) is 15.4. The predicted octanol–water partition coefficient (Wildman–Crippen LogP) is 3.27. The van der Waals surface area contributed by atoms with Crippen LogP contribution in [0.4, 0.5) is 4.79 Å². The Balaban J connectivity index is 4.16. The number of hydrogen-bond donors (Lipinski definition) is 1. The lowest BCUT2D eigenvalue weighted by molar-refractivity contribution is -0.146. The van der Waals surface area contributed by atoms with Gasteiger partial charge in [-0.2, -0.15) is 0 Å². The molecule has 0 fully saturated rings. The minimum atomic E-state index is -0.625. The van der Waals surface area contributed by atoms with Crippen LogP contribution < -0.4 is 5.32 Å². The summed E-state index contributed by atoms with van der Waals surface area (Å²) in [5, 5.41) is 2.57. The smallest absolute Gasteiger partial charge is 0.407 e. The molecular weight excluding hydrogens is 258 g/mol. The molecule has 0 aromatic heterocycles. The summed E-state index contributed by atoms with van der Waals surface area (Å²) in [7, 11) is 0. The van der Waals surface area contributed by atoms with Crippen molar-refractivity contribution in [3.8, 4) is 0 Å². The van der Waals surface area contributed by atoms with Crippen molar-refractivity contribution in [2.45, 2.75) is 65.8 Å². The number of rotatable bonds is 10. The molecule has 0 saturated carbocycles. The number of esters is 1. The van der Waals surface area contributed by atoms with Gasteiger partial charge in [0.05, 0.1) is 13.2 Å². The van der Waals surface area contributed by atoms with Crippen LogP contribution in [0.1, 0.15) is 59.8 Å². The molecule has 0 bridgehead atoms. The van der Waals surface area contributed by atoms with E-state index >= 15 is 0 Å². The van der Waals surface area contributed by atoms with E-state index in [1.54, 1.807) is 6.92 Å². The van der Waals surface area contributed by atoms with E-state index in [0.29, 0.717) is 13.0 Å². The molecule has 0 aliphatic heterocycles. The molecule has 0 aromatic rings. The molecule has 5 heteroatoms. The van der Waals surface area contributed by atoms with Crippen LogP contribution in [0.15, 0.2) is 0 Å². The first-order valence-electron chi connectivity index (χ1n) is 7.61. The van der Waals surface area contributed by atoms with Gasteiger partial charge in [-0.15, -0.1) is 0 Å². The predicted molar refractivity (Wildman–Crippen MR) is 78.5 cm³/mol. The van der Waals surface area contributed by atoms with Crippen LogP contribution in [-0.4, -0.2) is 31.3 Å². The van der Waals surface area contributed by atoms with Crippen LogP contribution >= 0.6 is 0 Å². The molecule has 0 radical (unpaired) electrons. The van der Waals surface area contributed by atoms with Crippen molar-refractivity contribution in [2.24, 2.45) is 5.92 Å². The molecular formula is C15H29NO4. The Morgan fingerprint density at radius 3 is 2.30 bits per heavy atom. The Bertz CT molecular complexity index is 279. The van der Waals surface area contributed by atoms with Gasteiger partial charge in [-0.25, -0.2) is 9.59 Å². The summed E-state index contributed by atoms with van der Waals surface area (Å²) in [5.41, 5.74) is 0. The van der Waals surface area contributed by atoms with Crippen LogP contribution in [0.3, 0.4) is 0 Å². The second kappa shape index (κ2) is 11.6. The molecule has 0 spiro atoms. The maximum Gasteiger partial charge on any atom is 0.407 e. The molecule has 1 unspecified atom stereocenters. The van der Waals surface area contributed by atoms with Gasteiger partial charge < -0.3 is 14.8 Å². The van der Waals surface area contributed by atoms with Crippen LogP contribution in [0.2, 0.25) is 0 Å². The van der Waals surface area contributed by atoms with Gasteiger partial charge in [-0.1, -0.05) is 40.0 Å². The number of ether oxygens (including phenoxy) is 2. The van der Waals surface area contributed by atoms with Crippen LogP contribution in [0.5, 0.6) is 0 Å². The molecule has 0 aliphatic rings. The van der Waals surface area contributed by atoms with Gasteiger partial charge in [-0.3, -0.25) is 0 Å². The Hall–Kier alpha value is -1.26. The van der Waals surface area contributed by atoms with Gasteiger partial charge in [0.25, 0.3) is 0 Å². The fourth-order valence-corrected chi connectivity index (χ4v) is 1.80. The Kier molecular flexibility index (Phi) is 10.8. The molecule has 1 atom stereocenters. The first kappa shape index (κ1) is 18.7. The summed E-state index contributed by atoms with van der Waals surface area (Å²) in [6.45, 7) is 8.55. The van der Waals surface area contributed by atoms with Gasteiger partial charge in [0.1, 0.15) is 6.04 Å². The van der Waals surface area contributed by atoms with Crippen LogP contribution in [0.25, 0.3) is 0 Å². The normalized spacial score (nSPS) is 12.1. The molecule has 5 nitrogen and oxygen atoms in total. The highest BCUT2D eigenvalue weighted by molar-refractivity contribution is 5.81. The van der Waals surface area contributed by atoms with Crippen molar-refractivity contribution in [3.05, 3.63) is 0 Å². The lowest BCUT2D eigenvalue weighted by atomic mass is 10.0. The van der Waals surface area contributed by atoms with Gasteiger partial charge >= 0.3 is 12.1 Å². The Labute approximate surface area is 122 Å². The molecule has 1 N–H and O–H groups in total. The largest absolute Gasteiger partial charge is 0.464 e. The van der Waals surface area contributed by atoms with Crippen LogP contribution in [0, 0.1) is 5.92 Å². The highest BCUT2D eigenvalue weighted by atomic mass is 16.6. The van der Waals surface area contributed by atoms with E-state index < -0.39 is 12.1 Å². The fraction of sp³-hybridized carbons (Fsp3) is 0.867. The number of amides is 1. The maximum atomic E-state index is 12.0. The van der Waals surface area contributed by atoms with Crippen molar-refractivity contribution < 1.29 is 19.1 Å². The number of alkyl carbamates (subject to hydrolysis) is 1. The zero-order valence-corrected chi connectivity index (χ0v) is 13.2. The molecule has 118 valence electrons. The number of unbranched alkanes of at least 4 members (excludes halogenated alkanes) is 3. The zero-order valence-electron chi connectivity index (χ0n) is 13.2. The number of carbonyl (C=O) groups is 2. The van der Waals surface area contributed by atoms with E-state index in [2.05, 4.69) is 12.2 Å². The first-order chi connectivity index (χ1) is 9.51. The highest BCUT2D eigenvalue weighted by Crippen LogP contribution is 2.08. The number of carbonyl (C=O) groups excluding carboxylic acids is 2. The lowest BCUT2D eigenvalue weighted by Crippen LogP contribution is -2.43. The second-order valence-corrected chi connectivity index (χ2v) is 5.28.